The molecule has 1 unspecified atom stereocenters. The van der Waals surface area contributed by atoms with Gasteiger partial charge in [0.2, 0.25) is 0 Å². The minimum absolute atomic E-state index is 0.0680. The topological polar surface area (TPSA) is 132 Å². The summed E-state index contributed by atoms with van der Waals surface area (Å²) in [6.07, 6.45) is 4.61. The second kappa shape index (κ2) is 11.3. The fraction of sp³-hybridized carbons (Fsp3) is 0.636. The fourth-order valence-electron chi connectivity index (χ4n) is 4.42. The summed E-state index contributed by atoms with van der Waals surface area (Å²) in [4.78, 5) is 33.3. The maximum absolute atomic E-state index is 12.1. The van der Waals surface area contributed by atoms with E-state index < -0.39 is 13.6 Å². The van der Waals surface area contributed by atoms with Crippen LogP contribution in [-0.4, -0.2) is 51.8 Å². The Morgan fingerprint density at radius 3 is 2.71 bits per heavy atom. The van der Waals surface area contributed by atoms with Crippen LogP contribution < -0.4 is 16.4 Å². The lowest BCUT2D eigenvalue weighted by molar-refractivity contribution is 0.145. The summed E-state index contributed by atoms with van der Waals surface area (Å²) < 4.78 is 29.0. The normalized spacial score (nSPS) is 23.6. The Hall–Kier alpha value is -1.78. The highest BCUT2D eigenvalue weighted by atomic mass is 32.2. The molecule has 0 radical (unpaired) electrons. The van der Waals surface area contributed by atoms with E-state index in [9.17, 15) is 19.0 Å². The molecule has 2 fully saturated rings. The first kappa shape index (κ1) is 25.3. The quantitative estimate of drug-likeness (QED) is 0.211. The molecule has 12 heteroatoms. The first-order chi connectivity index (χ1) is 16.3. The predicted octanol–water partition coefficient (Wildman–Crippen LogP) is 3.54. The minimum atomic E-state index is -4.09. The number of carbonyl (C=O) groups excluding carboxylic acids is 1. The molecule has 1 aromatic heterocycles. The lowest BCUT2D eigenvalue weighted by Gasteiger charge is -2.16. The van der Waals surface area contributed by atoms with E-state index in [0.717, 1.165) is 36.1 Å². The van der Waals surface area contributed by atoms with E-state index in [1.165, 1.54) is 0 Å². The molecule has 2 aromatic rings. The zero-order valence-electron chi connectivity index (χ0n) is 19.2. The molecule has 4 rings (SSSR count). The lowest BCUT2D eigenvalue weighted by Crippen LogP contribution is -2.36. The Balaban J connectivity index is 1.07. The smallest absolute Gasteiger partial charge is 0.408 e. The van der Waals surface area contributed by atoms with Crippen LogP contribution in [0.2, 0.25) is 0 Å². The molecule has 3 N–H and O–H groups in total. The molecule has 0 aliphatic carbocycles. The number of fused-ring (bicyclic) bond motifs is 2. The highest BCUT2D eigenvalue weighted by Crippen LogP contribution is 2.43. The molecule has 0 saturated carbocycles. The zero-order valence-corrected chi connectivity index (χ0v) is 20.9. The summed E-state index contributed by atoms with van der Waals surface area (Å²) in [6, 6.07) is 5.92. The highest BCUT2D eigenvalue weighted by molar-refractivity contribution is 8.00. The molecule has 2 aliphatic heterocycles. The Morgan fingerprint density at radius 2 is 1.91 bits per heavy atom. The van der Waals surface area contributed by atoms with Gasteiger partial charge < -0.3 is 19.9 Å². The number of urea groups is 1. The van der Waals surface area contributed by atoms with Gasteiger partial charge in [0.25, 0.3) is 0 Å². The average molecular weight is 514 g/mol. The van der Waals surface area contributed by atoms with Gasteiger partial charge in [-0.05, 0) is 50.3 Å². The summed E-state index contributed by atoms with van der Waals surface area (Å²) in [5.74, 6) is 0.533. The van der Waals surface area contributed by atoms with Crippen LogP contribution in [-0.2, 0) is 20.2 Å². The van der Waals surface area contributed by atoms with Crippen molar-refractivity contribution in [1.82, 2.24) is 15.2 Å². The summed E-state index contributed by atoms with van der Waals surface area (Å²) in [5, 5.41) is 6.33. The number of thioether (sulfide) groups is 1. The summed E-state index contributed by atoms with van der Waals surface area (Å²) in [6.45, 7) is 2.62. The zero-order chi connectivity index (χ0) is 24.1. The highest BCUT2D eigenvalue weighted by Gasteiger charge is 2.42. The number of phosphoric acid groups is 1. The van der Waals surface area contributed by atoms with E-state index in [4.69, 9.17) is 13.5 Å². The minimum Gasteiger partial charge on any atom is -0.408 e. The number of aryl methyl sites for hydroxylation is 2. The van der Waals surface area contributed by atoms with Crippen molar-refractivity contribution in [2.45, 2.75) is 69.3 Å². The van der Waals surface area contributed by atoms with E-state index >= 15 is 0 Å². The number of oxazole rings is 1. The SMILES string of the molecule is Cc1ccc2oc(=O)n(CCCCOP(=O)(O)OCCCCC[C@@H]3SC[C@@H]4NC(=O)N[C@@H]43)c2c1. The average Bonchev–Trinajstić information content (AvgIpc) is 3.43. The number of carbonyl (C=O) groups is 1. The van der Waals surface area contributed by atoms with E-state index in [-0.39, 0.29) is 31.3 Å². The van der Waals surface area contributed by atoms with Gasteiger partial charge in [0.15, 0.2) is 5.58 Å². The van der Waals surface area contributed by atoms with Crippen molar-refractivity contribution in [1.29, 1.82) is 0 Å². The van der Waals surface area contributed by atoms with Gasteiger partial charge in [0.05, 0.1) is 30.8 Å². The van der Waals surface area contributed by atoms with E-state index in [2.05, 4.69) is 10.6 Å². The van der Waals surface area contributed by atoms with Crippen molar-refractivity contribution in [3.8, 4) is 0 Å². The van der Waals surface area contributed by atoms with Gasteiger partial charge in [0.1, 0.15) is 0 Å². The molecule has 1 aromatic carbocycles. The molecule has 4 atom stereocenters. The van der Waals surface area contributed by atoms with Crippen molar-refractivity contribution in [3.05, 3.63) is 34.3 Å². The third-order valence-corrected chi connectivity index (χ3v) is 8.71. The van der Waals surface area contributed by atoms with Crippen LogP contribution in [0, 0.1) is 6.92 Å². The van der Waals surface area contributed by atoms with Gasteiger partial charge in [0, 0.05) is 17.5 Å². The second-order valence-corrected chi connectivity index (χ2v) is 11.5. The number of hydrogen-bond acceptors (Lipinski definition) is 7. The monoisotopic (exact) mass is 513 g/mol. The number of hydrogen-bond donors (Lipinski definition) is 3. The van der Waals surface area contributed by atoms with E-state index in [1.54, 1.807) is 10.6 Å². The van der Waals surface area contributed by atoms with Gasteiger partial charge in [-0.3, -0.25) is 13.6 Å². The van der Waals surface area contributed by atoms with Crippen LogP contribution in [0.3, 0.4) is 0 Å². The number of nitrogens with one attached hydrogen (secondary N) is 2. The van der Waals surface area contributed by atoms with Crippen LogP contribution in [0.1, 0.15) is 44.1 Å². The van der Waals surface area contributed by atoms with Gasteiger partial charge in [-0.25, -0.2) is 14.2 Å². The van der Waals surface area contributed by atoms with Crippen LogP contribution in [0.5, 0.6) is 0 Å². The van der Waals surface area contributed by atoms with Crippen molar-refractivity contribution in [2.75, 3.05) is 19.0 Å². The van der Waals surface area contributed by atoms with Gasteiger partial charge in [-0.1, -0.05) is 18.9 Å². The van der Waals surface area contributed by atoms with Crippen LogP contribution >= 0.6 is 19.6 Å². The molecule has 0 bridgehead atoms. The van der Waals surface area contributed by atoms with Gasteiger partial charge in [-0.2, -0.15) is 11.8 Å². The van der Waals surface area contributed by atoms with Crippen LogP contribution in [0.25, 0.3) is 11.1 Å². The van der Waals surface area contributed by atoms with Gasteiger partial charge >= 0.3 is 19.6 Å². The van der Waals surface area contributed by atoms with Crippen LogP contribution in [0.4, 0.5) is 4.79 Å². The molecule has 2 amide bonds. The molecular formula is C22H32N3O7PS. The number of benzene rings is 1. The standard InChI is InChI=1S/C22H32N3O7PS/c1-15-8-9-18-17(13-15)25(22(27)32-18)10-4-6-12-31-33(28,29)30-11-5-2-3-7-19-20-16(14-34-19)23-21(26)24-20/h8-9,13,16,19-20H,2-7,10-12,14H2,1H3,(H,28,29)(H2,23,24,26)/t16-,19-,20-/m0/s1. The maximum atomic E-state index is 12.1. The Bertz CT molecular complexity index is 1100. The number of amides is 2. The number of rotatable bonds is 13. The first-order valence-electron chi connectivity index (χ1n) is 11.7. The molecule has 188 valence electrons. The lowest BCUT2D eigenvalue weighted by atomic mass is 10.0. The second-order valence-electron chi connectivity index (χ2n) is 8.80. The Kier molecular flexibility index (Phi) is 8.42. The summed E-state index contributed by atoms with van der Waals surface area (Å²) in [5.41, 5.74) is 2.33. The molecule has 3 heterocycles. The predicted molar refractivity (Wildman–Crippen MR) is 130 cm³/mol. The molecule has 10 nitrogen and oxygen atoms in total. The summed E-state index contributed by atoms with van der Waals surface area (Å²) >= 11 is 1.88. The molecule has 34 heavy (non-hydrogen) atoms. The molecule has 2 saturated heterocycles. The number of phosphoric ester groups is 1. The molecular weight excluding hydrogens is 481 g/mol. The maximum Gasteiger partial charge on any atom is 0.472 e. The Labute approximate surface area is 202 Å². The molecule has 0 spiro atoms. The fourth-order valence-corrected chi connectivity index (χ4v) is 6.76. The van der Waals surface area contributed by atoms with Gasteiger partial charge in [-0.15, -0.1) is 0 Å². The Morgan fingerprint density at radius 1 is 1.15 bits per heavy atom. The largest absolute Gasteiger partial charge is 0.472 e. The van der Waals surface area contributed by atoms with Crippen LogP contribution in [0.15, 0.2) is 27.4 Å². The first-order valence-corrected chi connectivity index (χ1v) is 14.3. The van der Waals surface area contributed by atoms with Crippen molar-refractivity contribution < 1.29 is 27.7 Å². The van der Waals surface area contributed by atoms with Crippen molar-refractivity contribution >= 4 is 36.7 Å². The number of unbranched alkanes of at least 4 members (excludes halogenated alkanes) is 3. The third-order valence-electron chi connectivity index (χ3n) is 6.18. The third kappa shape index (κ3) is 6.46. The summed E-state index contributed by atoms with van der Waals surface area (Å²) in [7, 11) is -4.09. The molecule has 2 aliphatic rings. The van der Waals surface area contributed by atoms with Crippen molar-refractivity contribution in [2.24, 2.45) is 0 Å². The number of aromatic nitrogens is 1. The van der Waals surface area contributed by atoms with E-state index in [1.807, 2.05) is 30.8 Å². The number of nitrogens with zero attached hydrogens (tertiary/aromatic N) is 1. The van der Waals surface area contributed by atoms with E-state index in [0.29, 0.717) is 36.6 Å². The van der Waals surface area contributed by atoms with Crippen molar-refractivity contribution in [3.63, 3.8) is 0 Å².